The summed E-state index contributed by atoms with van der Waals surface area (Å²) in [5, 5.41) is 12.0. The Labute approximate surface area is 97.6 Å². The van der Waals surface area contributed by atoms with E-state index in [9.17, 15) is 4.79 Å². The third-order valence-corrected chi connectivity index (χ3v) is 3.40. The van der Waals surface area contributed by atoms with Crippen molar-refractivity contribution >= 4 is 5.97 Å². The summed E-state index contributed by atoms with van der Waals surface area (Å²) in [6.45, 7) is 2.32. The second-order valence-electron chi connectivity index (χ2n) is 4.78. The Morgan fingerprint density at radius 1 is 1.31 bits per heavy atom. The van der Waals surface area contributed by atoms with E-state index in [1.165, 1.54) is 25.7 Å². The summed E-state index contributed by atoms with van der Waals surface area (Å²) in [7, 11) is 0. The van der Waals surface area contributed by atoms with E-state index in [1.54, 1.807) is 0 Å². The molecule has 0 aromatic heterocycles. The normalized spacial score (nSPS) is 19.6. The Bertz CT molecular complexity index is 203. The molecule has 94 valence electrons. The third kappa shape index (κ3) is 5.47. The Morgan fingerprint density at radius 2 is 2.00 bits per heavy atom. The van der Waals surface area contributed by atoms with Gasteiger partial charge in [-0.2, -0.15) is 0 Å². The molecule has 1 atom stereocenters. The lowest BCUT2D eigenvalue weighted by molar-refractivity contribution is -0.138. The molecule has 0 aromatic rings. The summed E-state index contributed by atoms with van der Waals surface area (Å²) >= 11 is 0. The molecule has 0 saturated carbocycles. The first-order valence-corrected chi connectivity index (χ1v) is 6.39. The molecule has 4 nitrogen and oxygen atoms in total. The molecule has 4 heteroatoms. The maximum atomic E-state index is 10.5. The van der Waals surface area contributed by atoms with E-state index in [4.69, 9.17) is 10.8 Å². The van der Waals surface area contributed by atoms with Gasteiger partial charge in [0, 0.05) is 0 Å². The predicted octanol–water partition coefficient (Wildman–Crippen LogP) is 1.35. The monoisotopic (exact) mass is 228 g/mol. The lowest BCUT2D eigenvalue weighted by Gasteiger charge is -2.22. The van der Waals surface area contributed by atoms with E-state index in [0.717, 1.165) is 31.8 Å². The fourth-order valence-corrected chi connectivity index (χ4v) is 2.27. The van der Waals surface area contributed by atoms with Crippen LogP contribution in [-0.4, -0.2) is 30.2 Å². The number of hydrogen-bond acceptors (Lipinski definition) is 3. The highest BCUT2D eigenvalue weighted by molar-refractivity contribution is 5.72. The van der Waals surface area contributed by atoms with Crippen molar-refractivity contribution in [2.24, 2.45) is 11.7 Å². The van der Waals surface area contributed by atoms with E-state index >= 15 is 0 Å². The quantitative estimate of drug-likeness (QED) is 0.575. The van der Waals surface area contributed by atoms with Crippen molar-refractivity contribution in [1.82, 2.24) is 5.32 Å². The molecule has 1 fully saturated rings. The minimum absolute atomic E-state index is 0.613. The molecule has 1 aliphatic rings. The van der Waals surface area contributed by atoms with Gasteiger partial charge in [0.05, 0.1) is 0 Å². The van der Waals surface area contributed by atoms with Gasteiger partial charge in [0.1, 0.15) is 6.04 Å². The van der Waals surface area contributed by atoms with Crippen LogP contribution in [0.4, 0.5) is 0 Å². The average molecular weight is 228 g/mol. The Balaban J connectivity index is 1.93. The average Bonchev–Trinajstić information content (AvgIpc) is 2.29. The predicted molar refractivity (Wildman–Crippen MR) is 64.3 cm³/mol. The molecule has 0 aromatic carbocycles. The number of nitrogens with two attached hydrogens (primary N) is 1. The standard InChI is InChI=1S/C12H24N2O2/c13-11(12(15)16)5-3-1-2-4-10-6-8-14-9-7-10/h10-11,14H,1-9,13H2,(H,15,16). The summed E-state index contributed by atoms with van der Waals surface area (Å²) in [5.74, 6) is 0.00718. The summed E-state index contributed by atoms with van der Waals surface area (Å²) < 4.78 is 0. The molecule has 1 heterocycles. The minimum Gasteiger partial charge on any atom is -0.480 e. The van der Waals surface area contributed by atoms with E-state index in [0.29, 0.717) is 6.42 Å². The van der Waals surface area contributed by atoms with E-state index in [2.05, 4.69) is 5.32 Å². The second kappa shape index (κ2) is 7.63. The van der Waals surface area contributed by atoms with Crippen molar-refractivity contribution < 1.29 is 9.90 Å². The summed E-state index contributed by atoms with van der Waals surface area (Å²) in [5.41, 5.74) is 5.43. The molecular weight excluding hydrogens is 204 g/mol. The molecule has 1 rings (SSSR count). The maximum Gasteiger partial charge on any atom is 0.320 e. The highest BCUT2D eigenvalue weighted by Gasteiger charge is 2.13. The Kier molecular flexibility index (Phi) is 6.42. The Morgan fingerprint density at radius 3 is 2.62 bits per heavy atom. The van der Waals surface area contributed by atoms with Crippen LogP contribution in [0.3, 0.4) is 0 Å². The number of unbranched alkanes of at least 4 members (excludes halogenated alkanes) is 2. The lowest BCUT2D eigenvalue weighted by Crippen LogP contribution is -2.29. The van der Waals surface area contributed by atoms with Crippen LogP contribution in [0.2, 0.25) is 0 Å². The molecule has 4 N–H and O–H groups in total. The zero-order chi connectivity index (χ0) is 11.8. The van der Waals surface area contributed by atoms with Crippen LogP contribution in [0.5, 0.6) is 0 Å². The first-order valence-electron chi connectivity index (χ1n) is 6.39. The number of hydrogen-bond donors (Lipinski definition) is 3. The van der Waals surface area contributed by atoms with Crippen molar-refractivity contribution in [1.29, 1.82) is 0 Å². The van der Waals surface area contributed by atoms with Gasteiger partial charge >= 0.3 is 5.97 Å². The van der Waals surface area contributed by atoms with Crippen molar-refractivity contribution in [3.05, 3.63) is 0 Å². The number of piperidine rings is 1. The smallest absolute Gasteiger partial charge is 0.320 e. The molecule has 1 saturated heterocycles. The van der Waals surface area contributed by atoms with Gasteiger partial charge in [-0.3, -0.25) is 4.79 Å². The van der Waals surface area contributed by atoms with Gasteiger partial charge in [-0.1, -0.05) is 25.7 Å². The highest BCUT2D eigenvalue weighted by atomic mass is 16.4. The summed E-state index contributed by atoms with van der Waals surface area (Å²) in [6.07, 6.45) is 7.79. The second-order valence-corrected chi connectivity index (χ2v) is 4.78. The van der Waals surface area contributed by atoms with Crippen LogP contribution in [0, 0.1) is 5.92 Å². The number of carboxylic acid groups (broad SMARTS) is 1. The van der Waals surface area contributed by atoms with Crippen molar-refractivity contribution in [3.63, 3.8) is 0 Å². The summed E-state index contributed by atoms with van der Waals surface area (Å²) in [4.78, 5) is 10.5. The molecule has 0 radical (unpaired) electrons. The van der Waals surface area contributed by atoms with Crippen molar-refractivity contribution in [3.8, 4) is 0 Å². The zero-order valence-corrected chi connectivity index (χ0v) is 9.95. The molecular formula is C12H24N2O2. The van der Waals surface area contributed by atoms with Gasteiger partial charge in [0.2, 0.25) is 0 Å². The van der Waals surface area contributed by atoms with Crippen LogP contribution >= 0.6 is 0 Å². The van der Waals surface area contributed by atoms with Crippen LogP contribution in [0.1, 0.15) is 44.9 Å². The molecule has 16 heavy (non-hydrogen) atoms. The number of rotatable bonds is 7. The molecule has 1 aliphatic heterocycles. The zero-order valence-electron chi connectivity index (χ0n) is 9.95. The maximum absolute atomic E-state index is 10.5. The van der Waals surface area contributed by atoms with Gasteiger partial charge in [0.15, 0.2) is 0 Å². The van der Waals surface area contributed by atoms with Gasteiger partial charge in [-0.25, -0.2) is 0 Å². The van der Waals surface area contributed by atoms with Crippen LogP contribution in [0.25, 0.3) is 0 Å². The van der Waals surface area contributed by atoms with Gasteiger partial charge < -0.3 is 16.2 Å². The van der Waals surface area contributed by atoms with Crippen molar-refractivity contribution in [2.75, 3.05) is 13.1 Å². The number of carboxylic acids is 1. The number of carbonyl (C=O) groups is 1. The molecule has 0 amide bonds. The SMILES string of the molecule is NC(CCCCCC1CCNCC1)C(=O)O. The van der Waals surface area contributed by atoms with Crippen LogP contribution < -0.4 is 11.1 Å². The van der Waals surface area contributed by atoms with Crippen LogP contribution in [0.15, 0.2) is 0 Å². The summed E-state index contributed by atoms with van der Waals surface area (Å²) in [6, 6.07) is -0.668. The number of aliphatic carboxylic acids is 1. The molecule has 0 bridgehead atoms. The Hall–Kier alpha value is -0.610. The molecule has 1 unspecified atom stereocenters. The van der Waals surface area contributed by atoms with E-state index in [-0.39, 0.29) is 0 Å². The van der Waals surface area contributed by atoms with Crippen molar-refractivity contribution in [2.45, 2.75) is 51.0 Å². The van der Waals surface area contributed by atoms with E-state index < -0.39 is 12.0 Å². The largest absolute Gasteiger partial charge is 0.480 e. The topological polar surface area (TPSA) is 75.3 Å². The highest BCUT2D eigenvalue weighted by Crippen LogP contribution is 2.19. The molecule has 0 spiro atoms. The molecule has 0 aliphatic carbocycles. The van der Waals surface area contributed by atoms with Gasteiger partial charge in [0.25, 0.3) is 0 Å². The van der Waals surface area contributed by atoms with E-state index in [1.807, 2.05) is 0 Å². The van der Waals surface area contributed by atoms with Gasteiger partial charge in [-0.05, 0) is 38.3 Å². The van der Waals surface area contributed by atoms with Crippen LogP contribution in [-0.2, 0) is 4.79 Å². The minimum atomic E-state index is -0.877. The first kappa shape index (κ1) is 13.5. The van der Waals surface area contributed by atoms with Gasteiger partial charge in [-0.15, -0.1) is 0 Å². The number of nitrogens with one attached hydrogen (secondary N) is 1. The first-order chi connectivity index (χ1) is 7.70. The fraction of sp³-hybridized carbons (Fsp3) is 0.917. The fourth-order valence-electron chi connectivity index (χ4n) is 2.27. The third-order valence-electron chi connectivity index (χ3n) is 3.40. The lowest BCUT2D eigenvalue weighted by atomic mass is 9.92.